The van der Waals surface area contributed by atoms with Gasteiger partial charge < -0.3 is 10.1 Å². The molecule has 3 fully saturated rings. The quantitative estimate of drug-likeness (QED) is 0.855. The third-order valence-electron chi connectivity index (χ3n) is 5.23. The highest BCUT2D eigenvalue weighted by molar-refractivity contribution is 6.31. The van der Waals surface area contributed by atoms with Gasteiger partial charge in [0.2, 0.25) is 5.91 Å². The summed E-state index contributed by atoms with van der Waals surface area (Å²) >= 11 is 6.08. The molecule has 0 aromatic heterocycles. The first kappa shape index (κ1) is 13.1. The summed E-state index contributed by atoms with van der Waals surface area (Å²) in [6, 6.07) is 5.46. The lowest BCUT2D eigenvalue weighted by Gasteiger charge is -2.23. The number of benzene rings is 1. The van der Waals surface area contributed by atoms with Crippen molar-refractivity contribution in [3.63, 3.8) is 0 Å². The number of esters is 1. The number of nitrogens with one attached hydrogen (secondary N) is 1. The van der Waals surface area contributed by atoms with Crippen molar-refractivity contribution >= 4 is 29.2 Å². The Bertz CT molecular complexity index is 642. The van der Waals surface area contributed by atoms with Crippen LogP contribution in [0, 0.1) is 30.6 Å². The van der Waals surface area contributed by atoms with Gasteiger partial charge in [-0.2, -0.15) is 0 Å². The van der Waals surface area contributed by atoms with Crippen LogP contribution in [0.3, 0.4) is 0 Å². The topological polar surface area (TPSA) is 55.4 Å². The van der Waals surface area contributed by atoms with Crippen molar-refractivity contribution in [2.45, 2.75) is 25.9 Å². The van der Waals surface area contributed by atoms with E-state index in [2.05, 4.69) is 5.32 Å². The van der Waals surface area contributed by atoms with E-state index in [-0.39, 0.29) is 41.7 Å². The van der Waals surface area contributed by atoms with Crippen LogP contribution in [0.5, 0.6) is 0 Å². The van der Waals surface area contributed by atoms with Crippen LogP contribution < -0.4 is 5.32 Å². The molecule has 5 atom stereocenters. The first-order chi connectivity index (χ1) is 10.0. The van der Waals surface area contributed by atoms with Gasteiger partial charge in [0.15, 0.2) is 0 Å². The van der Waals surface area contributed by atoms with Crippen LogP contribution in [-0.4, -0.2) is 18.0 Å². The molecule has 1 saturated heterocycles. The Balaban J connectivity index is 1.55. The monoisotopic (exact) mass is 305 g/mol. The number of anilines is 1. The van der Waals surface area contributed by atoms with E-state index in [1.54, 1.807) is 6.07 Å². The molecule has 1 amide bonds. The van der Waals surface area contributed by atoms with Crippen molar-refractivity contribution in [3.05, 3.63) is 28.8 Å². The predicted molar refractivity (Wildman–Crippen MR) is 77.9 cm³/mol. The Hall–Kier alpha value is -1.55. The lowest BCUT2D eigenvalue weighted by Crippen LogP contribution is -2.35. The molecule has 110 valence electrons. The fraction of sp³-hybridized carbons (Fsp3) is 0.500. The maximum atomic E-state index is 12.6. The van der Waals surface area contributed by atoms with E-state index in [0.29, 0.717) is 10.7 Å². The molecule has 3 aliphatic rings. The van der Waals surface area contributed by atoms with E-state index in [4.69, 9.17) is 16.3 Å². The average molecular weight is 306 g/mol. The van der Waals surface area contributed by atoms with E-state index >= 15 is 0 Å². The zero-order valence-corrected chi connectivity index (χ0v) is 12.4. The lowest BCUT2D eigenvalue weighted by molar-refractivity contribution is -0.145. The molecule has 2 saturated carbocycles. The molecule has 2 aliphatic carbocycles. The normalized spacial score (nSPS) is 35.9. The molecular weight excluding hydrogens is 290 g/mol. The smallest absolute Gasteiger partial charge is 0.310 e. The minimum absolute atomic E-state index is 0.0605. The molecule has 4 nitrogen and oxygen atoms in total. The van der Waals surface area contributed by atoms with Gasteiger partial charge in [0.05, 0.1) is 11.8 Å². The summed E-state index contributed by atoms with van der Waals surface area (Å²) in [5.41, 5.74) is 1.65. The number of carbonyl (C=O) groups is 2. The molecule has 0 radical (unpaired) electrons. The second-order valence-corrected chi connectivity index (χ2v) is 6.78. The second-order valence-electron chi connectivity index (χ2n) is 6.38. The molecule has 2 bridgehead atoms. The van der Waals surface area contributed by atoms with Gasteiger partial charge in [0, 0.05) is 16.6 Å². The molecule has 1 aliphatic heterocycles. The van der Waals surface area contributed by atoms with Crippen molar-refractivity contribution in [1.29, 1.82) is 0 Å². The first-order valence-electron chi connectivity index (χ1n) is 7.32. The Labute approximate surface area is 127 Å². The number of halogens is 1. The number of amides is 1. The summed E-state index contributed by atoms with van der Waals surface area (Å²) in [6.45, 7) is 1.92. The molecule has 0 unspecified atom stereocenters. The minimum atomic E-state index is -0.249. The standard InChI is InChI=1S/C16H16ClNO3/c1-7-2-3-9(6-11(7)17)18-15(19)13-8-4-10-12(5-8)21-16(20)14(10)13/h2-3,6,8,10,12-14H,4-5H2,1H3,(H,18,19)/t8-,10+,12+,13-,14+/m1/s1. The van der Waals surface area contributed by atoms with Crippen LogP contribution >= 0.6 is 11.6 Å². The summed E-state index contributed by atoms with van der Waals surface area (Å²) in [7, 11) is 0. The highest BCUT2D eigenvalue weighted by Crippen LogP contribution is 2.57. The zero-order chi connectivity index (χ0) is 14.7. The Kier molecular flexibility index (Phi) is 2.80. The fourth-order valence-electron chi connectivity index (χ4n) is 4.26. The van der Waals surface area contributed by atoms with Gasteiger partial charge >= 0.3 is 5.97 Å². The third kappa shape index (κ3) is 1.89. The Morgan fingerprint density at radius 2 is 2.19 bits per heavy atom. The maximum Gasteiger partial charge on any atom is 0.310 e. The van der Waals surface area contributed by atoms with Crippen LogP contribution in [0.4, 0.5) is 5.69 Å². The van der Waals surface area contributed by atoms with Crippen LogP contribution in [-0.2, 0) is 14.3 Å². The van der Waals surface area contributed by atoms with Gasteiger partial charge in [0.25, 0.3) is 0 Å². The molecule has 0 spiro atoms. The van der Waals surface area contributed by atoms with E-state index in [1.807, 2.05) is 19.1 Å². The molecule has 1 aromatic rings. The van der Waals surface area contributed by atoms with E-state index < -0.39 is 0 Å². The third-order valence-corrected chi connectivity index (χ3v) is 5.63. The van der Waals surface area contributed by atoms with Gasteiger partial charge in [-0.25, -0.2) is 0 Å². The number of hydrogen-bond acceptors (Lipinski definition) is 3. The van der Waals surface area contributed by atoms with Crippen molar-refractivity contribution in [2.24, 2.45) is 23.7 Å². The van der Waals surface area contributed by atoms with Crippen LogP contribution in [0.1, 0.15) is 18.4 Å². The number of carbonyl (C=O) groups excluding carboxylic acids is 2. The highest BCUT2D eigenvalue weighted by atomic mass is 35.5. The molecule has 1 aromatic carbocycles. The van der Waals surface area contributed by atoms with Crippen molar-refractivity contribution in [1.82, 2.24) is 0 Å². The highest BCUT2D eigenvalue weighted by Gasteiger charge is 2.63. The lowest BCUT2D eigenvalue weighted by atomic mass is 9.79. The Morgan fingerprint density at radius 1 is 1.38 bits per heavy atom. The number of ether oxygens (including phenoxy) is 1. The average Bonchev–Trinajstić information content (AvgIpc) is 3.04. The molecule has 21 heavy (non-hydrogen) atoms. The summed E-state index contributed by atoms with van der Waals surface area (Å²) < 4.78 is 5.36. The minimum Gasteiger partial charge on any atom is -0.462 e. The number of hydrogen-bond donors (Lipinski definition) is 1. The predicted octanol–water partition coefficient (Wildman–Crippen LogP) is 2.78. The van der Waals surface area contributed by atoms with E-state index in [1.165, 1.54) is 0 Å². The second kappa shape index (κ2) is 4.47. The molecule has 1 N–H and O–H groups in total. The van der Waals surface area contributed by atoms with Gasteiger partial charge in [-0.3, -0.25) is 9.59 Å². The largest absolute Gasteiger partial charge is 0.462 e. The van der Waals surface area contributed by atoms with Gasteiger partial charge in [-0.05, 0) is 43.4 Å². The van der Waals surface area contributed by atoms with Crippen molar-refractivity contribution in [2.75, 3.05) is 5.32 Å². The SMILES string of the molecule is Cc1ccc(NC(=O)[C@@H]2[C@@H]3C[C@@H]4[C@@H]2C(=O)O[C@H]4C3)cc1Cl. The first-order valence-corrected chi connectivity index (χ1v) is 7.70. The Morgan fingerprint density at radius 3 is 2.95 bits per heavy atom. The number of fused-ring (bicyclic) bond motifs is 1. The number of rotatable bonds is 2. The summed E-state index contributed by atoms with van der Waals surface area (Å²) in [4.78, 5) is 24.5. The zero-order valence-electron chi connectivity index (χ0n) is 11.6. The van der Waals surface area contributed by atoms with Crippen LogP contribution in [0.15, 0.2) is 18.2 Å². The van der Waals surface area contributed by atoms with Crippen LogP contribution in [0.25, 0.3) is 0 Å². The fourth-order valence-corrected chi connectivity index (χ4v) is 4.44. The summed E-state index contributed by atoms with van der Waals surface area (Å²) in [5, 5.41) is 3.53. The van der Waals surface area contributed by atoms with Crippen molar-refractivity contribution < 1.29 is 14.3 Å². The van der Waals surface area contributed by atoms with Gasteiger partial charge in [-0.15, -0.1) is 0 Å². The molecule has 1 heterocycles. The van der Waals surface area contributed by atoms with Gasteiger partial charge in [-0.1, -0.05) is 17.7 Å². The maximum absolute atomic E-state index is 12.6. The number of aryl methyl sites for hydroxylation is 1. The van der Waals surface area contributed by atoms with E-state index in [0.717, 1.165) is 18.4 Å². The molecule has 5 heteroatoms. The molecule has 4 rings (SSSR count). The van der Waals surface area contributed by atoms with Gasteiger partial charge in [0.1, 0.15) is 6.10 Å². The van der Waals surface area contributed by atoms with Crippen LogP contribution in [0.2, 0.25) is 5.02 Å². The van der Waals surface area contributed by atoms with Crippen molar-refractivity contribution in [3.8, 4) is 0 Å². The van der Waals surface area contributed by atoms with E-state index in [9.17, 15) is 9.59 Å². The summed E-state index contributed by atoms with van der Waals surface area (Å²) in [5.74, 6) is -0.231. The summed E-state index contributed by atoms with van der Waals surface area (Å²) in [6.07, 6.45) is 1.83. The molecular formula is C16H16ClNO3.